The average molecular weight is 335 g/mol. The normalized spacial score (nSPS) is 11.4. The summed E-state index contributed by atoms with van der Waals surface area (Å²) < 4.78 is 5.43. The molecular formula is C16H15ClN2O4. The van der Waals surface area contributed by atoms with Gasteiger partial charge in [-0.3, -0.25) is 20.4 Å². The number of halogens is 1. The number of phenols is 1. The molecule has 2 amide bonds. The Kier molecular flexibility index (Phi) is 5.43. The highest BCUT2D eigenvalue weighted by atomic mass is 35.5. The maximum atomic E-state index is 11.9. The first-order valence-electron chi connectivity index (χ1n) is 6.77. The number of nitrogens with one attached hydrogen (secondary N) is 2. The number of phenolic OH excluding ortho intramolecular Hbond substituents is 1. The molecule has 0 aliphatic rings. The van der Waals surface area contributed by atoms with E-state index in [0.29, 0.717) is 10.8 Å². The molecule has 0 spiro atoms. The van der Waals surface area contributed by atoms with Crippen molar-refractivity contribution in [2.24, 2.45) is 0 Å². The molecule has 3 N–H and O–H groups in total. The summed E-state index contributed by atoms with van der Waals surface area (Å²) in [5.74, 6) is -0.624. The van der Waals surface area contributed by atoms with Crippen molar-refractivity contribution in [2.75, 3.05) is 0 Å². The molecule has 1 atom stereocenters. The number of ether oxygens (including phenoxy) is 1. The van der Waals surface area contributed by atoms with Crippen molar-refractivity contribution in [1.29, 1.82) is 0 Å². The van der Waals surface area contributed by atoms with Crippen LogP contribution in [0.2, 0.25) is 5.02 Å². The van der Waals surface area contributed by atoms with E-state index < -0.39 is 17.9 Å². The molecule has 7 heteroatoms. The van der Waals surface area contributed by atoms with Crippen molar-refractivity contribution in [1.82, 2.24) is 10.9 Å². The number of carbonyl (C=O) groups is 2. The van der Waals surface area contributed by atoms with Crippen molar-refractivity contribution >= 4 is 23.4 Å². The second-order valence-corrected chi connectivity index (χ2v) is 5.14. The van der Waals surface area contributed by atoms with Crippen LogP contribution < -0.4 is 15.6 Å². The number of hydrazine groups is 1. The van der Waals surface area contributed by atoms with E-state index in [2.05, 4.69) is 10.9 Å². The highest BCUT2D eigenvalue weighted by Gasteiger charge is 2.16. The summed E-state index contributed by atoms with van der Waals surface area (Å²) in [7, 11) is 0. The topological polar surface area (TPSA) is 87.7 Å². The van der Waals surface area contributed by atoms with E-state index in [9.17, 15) is 14.7 Å². The molecule has 2 aromatic rings. The molecule has 0 saturated carbocycles. The molecule has 120 valence electrons. The smallest absolute Gasteiger partial charge is 0.279 e. The Hall–Kier alpha value is -2.73. The van der Waals surface area contributed by atoms with Crippen LogP contribution in [0, 0.1) is 0 Å². The van der Waals surface area contributed by atoms with Gasteiger partial charge in [0.25, 0.3) is 11.8 Å². The molecular weight excluding hydrogens is 320 g/mol. The van der Waals surface area contributed by atoms with Gasteiger partial charge in [0.05, 0.1) is 0 Å². The summed E-state index contributed by atoms with van der Waals surface area (Å²) in [4.78, 5) is 23.7. The predicted octanol–water partition coefficient (Wildman–Crippen LogP) is 2.27. The van der Waals surface area contributed by atoms with Crippen molar-refractivity contribution in [3.05, 3.63) is 59.1 Å². The fourth-order valence-corrected chi connectivity index (χ4v) is 1.84. The monoisotopic (exact) mass is 334 g/mol. The molecule has 0 unspecified atom stereocenters. The standard InChI is InChI=1S/C16H15ClN2O4/c1-10(23-14-7-5-12(17)6-8-14)15(21)18-19-16(22)11-3-2-4-13(20)9-11/h2-10,20H,1H3,(H,18,21)(H,19,22)/t10-/m1/s1. The predicted molar refractivity (Wildman–Crippen MR) is 85.3 cm³/mol. The highest BCUT2D eigenvalue weighted by molar-refractivity contribution is 6.30. The quantitative estimate of drug-likeness (QED) is 0.748. The zero-order valence-electron chi connectivity index (χ0n) is 12.2. The van der Waals surface area contributed by atoms with Gasteiger partial charge in [-0.15, -0.1) is 0 Å². The van der Waals surface area contributed by atoms with Crippen LogP contribution in [0.4, 0.5) is 0 Å². The van der Waals surface area contributed by atoms with Crippen LogP contribution in [0.1, 0.15) is 17.3 Å². The molecule has 0 aromatic heterocycles. The molecule has 0 aliphatic carbocycles. The molecule has 23 heavy (non-hydrogen) atoms. The van der Waals surface area contributed by atoms with Crippen LogP contribution in [0.25, 0.3) is 0 Å². The Morgan fingerprint density at radius 2 is 1.83 bits per heavy atom. The largest absolute Gasteiger partial charge is 0.508 e. The van der Waals surface area contributed by atoms with Crippen LogP contribution >= 0.6 is 11.6 Å². The summed E-state index contributed by atoms with van der Waals surface area (Å²) in [6, 6.07) is 12.3. The third-order valence-electron chi connectivity index (χ3n) is 2.90. The molecule has 6 nitrogen and oxygen atoms in total. The van der Waals surface area contributed by atoms with Crippen LogP contribution in [-0.4, -0.2) is 23.0 Å². The zero-order valence-corrected chi connectivity index (χ0v) is 13.0. The van der Waals surface area contributed by atoms with E-state index in [1.54, 1.807) is 31.2 Å². The summed E-state index contributed by atoms with van der Waals surface area (Å²) >= 11 is 5.76. The minimum absolute atomic E-state index is 0.0385. The van der Waals surface area contributed by atoms with Gasteiger partial charge in [-0.25, -0.2) is 0 Å². The van der Waals surface area contributed by atoms with Gasteiger partial charge in [0.15, 0.2) is 6.10 Å². The third kappa shape index (κ3) is 4.89. The first-order valence-corrected chi connectivity index (χ1v) is 7.15. The van der Waals surface area contributed by atoms with E-state index in [4.69, 9.17) is 16.3 Å². The Balaban J connectivity index is 1.86. The van der Waals surface area contributed by atoms with Crippen molar-refractivity contribution < 1.29 is 19.4 Å². The van der Waals surface area contributed by atoms with Gasteiger partial charge < -0.3 is 9.84 Å². The first kappa shape index (κ1) is 16.6. The number of benzene rings is 2. The SMILES string of the molecule is C[C@@H](Oc1ccc(Cl)cc1)C(=O)NNC(=O)c1cccc(O)c1. The van der Waals surface area contributed by atoms with Gasteiger partial charge in [-0.1, -0.05) is 17.7 Å². The van der Waals surface area contributed by atoms with Gasteiger partial charge in [-0.05, 0) is 49.4 Å². The van der Waals surface area contributed by atoms with Crippen molar-refractivity contribution in [3.63, 3.8) is 0 Å². The lowest BCUT2D eigenvalue weighted by Crippen LogP contribution is -2.47. The van der Waals surface area contributed by atoms with Gasteiger partial charge in [0.1, 0.15) is 11.5 Å². The lowest BCUT2D eigenvalue weighted by atomic mass is 10.2. The van der Waals surface area contributed by atoms with Gasteiger partial charge in [-0.2, -0.15) is 0 Å². The van der Waals surface area contributed by atoms with E-state index in [1.165, 1.54) is 24.3 Å². The lowest BCUT2D eigenvalue weighted by Gasteiger charge is -2.15. The number of rotatable bonds is 4. The van der Waals surface area contributed by atoms with E-state index in [1.807, 2.05) is 0 Å². The molecule has 0 aliphatic heterocycles. The van der Waals surface area contributed by atoms with Crippen LogP contribution in [-0.2, 0) is 4.79 Å². The molecule has 0 bridgehead atoms. The second-order valence-electron chi connectivity index (χ2n) is 4.71. The summed E-state index contributed by atoms with van der Waals surface area (Å²) in [5.41, 5.74) is 4.73. The number of amides is 2. The van der Waals surface area contributed by atoms with E-state index in [-0.39, 0.29) is 11.3 Å². The molecule has 2 rings (SSSR count). The Bertz CT molecular complexity index is 703. The first-order chi connectivity index (χ1) is 11.0. The molecule has 0 heterocycles. The van der Waals surface area contributed by atoms with Gasteiger partial charge >= 0.3 is 0 Å². The maximum Gasteiger partial charge on any atom is 0.279 e. The van der Waals surface area contributed by atoms with Gasteiger partial charge in [0.2, 0.25) is 0 Å². The number of hydrogen-bond acceptors (Lipinski definition) is 4. The number of hydrogen-bond donors (Lipinski definition) is 3. The summed E-state index contributed by atoms with van der Waals surface area (Å²) in [6.07, 6.45) is -0.819. The minimum Gasteiger partial charge on any atom is -0.508 e. The fraction of sp³-hybridized carbons (Fsp3) is 0.125. The molecule has 0 radical (unpaired) electrons. The van der Waals surface area contributed by atoms with Crippen molar-refractivity contribution in [2.45, 2.75) is 13.0 Å². The van der Waals surface area contributed by atoms with E-state index >= 15 is 0 Å². The highest BCUT2D eigenvalue weighted by Crippen LogP contribution is 2.16. The van der Waals surface area contributed by atoms with Crippen molar-refractivity contribution in [3.8, 4) is 11.5 Å². The Labute approximate surface area is 138 Å². The Morgan fingerprint density at radius 1 is 1.13 bits per heavy atom. The zero-order chi connectivity index (χ0) is 16.8. The summed E-state index contributed by atoms with van der Waals surface area (Å²) in [6.45, 7) is 1.55. The maximum absolute atomic E-state index is 11.9. The number of aromatic hydroxyl groups is 1. The van der Waals surface area contributed by atoms with Crippen LogP contribution in [0.3, 0.4) is 0 Å². The second kappa shape index (κ2) is 7.51. The fourth-order valence-electron chi connectivity index (χ4n) is 1.71. The third-order valence-corrected chi connectivity index (χ3v) is 3.16. The minimum atomic E-state index is -0.819. The summed E-state index contributed by atoms with van der Waals surface area (Å²) in [5, 5.41) is 9.88. The molecule has 2 aromatic carbocycles. The van der Waals surface area contributed by atoms with Crippen LogP contribution in [0.5, 0.6) is 11.5 Å². The average Bonchev–Trinajstić information content (AvgIpc) is 2.54. The Morgan fingerprint density at radius 3 is 2.48 bits per heavy atom. The van der Waals surface area contributed by atoms with Gasteiger partial charge in [0, 0.05) is 10.6 Å². The number of carbonyl (C=O) groups excluding carboxylic acids is 2. The van der Waals surface area contributed by atoms with E-state index in [0.717, 1.165) is 0 Å². The lowest BCUT2D eigenvalue weighted by molar-refractivity contribution is -0.128. The van der Waals surface area contributed by atoms with Crippen LogP contribution in [0.15, 0.2) is 48.5 Å². The molecule has 0 saturated heterocycles. The molecule has 0 fully saturated rings.